The van der Waals surface area contributed by atoms with Gasteiger partial charge in [0.25, 0.3) is 5.91 Å². The Morgan fingerprint density at radius 2 is 2.00 bits per heavy atom. The number of hydrogen-bond donors (Lipinski definition) is 3. The summed E-state index contributed by atoms with van der Waals surface area (Å²) in [7, 11) is 0. The Balaban J connectivity index is 1.53. The highest BCUT2D eigenvalue weighted by Crippen LogP contribution is 2.37. The predicted molar refractivity (Wildman–Crippen MR) is 96.4 cm³/mol. The van der Waals surface area contributed by atoms with Crippen molar-refractivity contribution in [2.45, 2.75) is 37.3 Å². The molecule has 0 aromatic heterocycles. The van der Waals surface area contributed by atoms with Crippen LogP contribution >= 0.6 is 0 Å². The van der Waals surface area contributed by atoms with Gasteiger partial charge >= 0.3 is 12.1 Å². The number of nitrogens with one attached hydrogen (secondary N) is 1. The molecular weight excluding hydrogens is 352 g/mol. The minimum absolute atomic E-state index is 0.0133. The summed E-state index contributed by atoms with van der Waals surface area (Å²) in [5, 5.41) is 15.3. The van der Waals surface area contributed by atoms with Crippen molar-refractivity contribution in [3.8, 4) is 0 Å². The minimum Gasteiger partial charge on any atom is -0.480 e. The molecule has 2 amide bonds. The molecule has 1 spiro atoms. The molecule has 0 atom stereocenters. The van der Waals surface area contributed by atoms with Crippen LogP contribution in [0.2, 0.25) is 0 Å². The van der Waals surface area contributed by atoms with Crippen molar-refractivity contribution in [1.82, 2.24) is 10.2 Å². The Labute approximate surface area is 156 Å². The van der Waals surface area contributed by atoms with E-state index in [0.717, 1.165) is 5.56 Å². The van der Waals surface area contributed by atoms with Gasteiger partial charge in [-0.3, -0.25) is 14.5 Å². The molecule has 2 fully saturated rings. The maximum atomic E-state index is 12.4. The number of carboxylic acid groups (broad SMARTS) is 1. The van der Waals surface area contributed by atoms with Crippen molar-refractivity contribution in [3.05, 3.63) is 35.4 Å². The smallest absolute Gasteiger partial charge is 0.411 e. The lowest BCUT2D eigenvalue weighted by atomic mass is 9.82. The van der Waals surface area contributed by atoms with Crippen LogP contribution in [0.5, 0.6) is 0 Å². The third-order valence-electron chi connectivity index (χ3n) is 5.00. The molecule has 1 saturated heterocycles. The second-order valence-electron chi connectivity index (χ2n) is 6.95. The molecule has 1 saturated carbocycles. The van der Waals surface area contributed by atoms with E-state index in [4.69, 9.17) is 15.7 Å². The van der Waals surface area contributed by atoms with Gasteiger partial charge in [0.1, 0.15) is 12.1 Å². The molecule has 9 heteroatoms. The lowest BCUT2D eigenvalue weighted by Crippen LogP contribution is -2.45. The van der Waals surface area contributed by atoms with Crippen LogP contribution in [0.4, 0.5) is 4.79 Å². The highest BCUT2D eigenvalue weighted by Gasteiger charge is 2.47. The molecule has 144 valence electrons. The van der Waals surface area contributed by atoms with Gasteiger partial charge in [0.2, 0.25) is 0 Å². The second-order valence-corrected chi connectivity index (χ2v) is 6.95. The summed E-state index contributed by atoms with van der Waals surface area (Å²) in [6, 6.07) is 6.92. The lowest BCUT2D eigenvalue weighted by molar-refractivity contribution is -0.137. The molecule has 9 nitrogen and oxygen atoms in total. The number of carbonyl (C=O) groups excluding carboxylic acids is 2. The Morgan fingerprint density at radius 3 is 2.59 bits per heavy atom. The summed E-state index contributed by atoms with van der Waals surface area (Å²) in [4.78, 5) is 36.3. The first-order valence-electron chi connectivity index (χ1n) is 8.75. The number of nitrogens with zero attached hydrogens (tertiary/aromatic N) is 2. The van der Waals surface area contributed by atoms with Crippen LogP contribution in [0.1, 0.15) is 41.6 Å². The molecule has 3 rings (SSSR count). The van der Waals surface area contributed by atoms with Gasteiger partial charge in [-0.1, -0.05) is 12.1 Å². The zero-order valence-corrected chi connectivity index (χ0v) is 14.8. The fourth-order valence-corrected chi connectivity index (χ4v) is 3.60. The topological polar surface area (TPSA) is 134 Å². The second kappa shape index (κ2) is 7.65. The average molecular weight is 374 g/mol. The number of hydrazone groups is 1. The predicted octanol–water partition coefficient (Wildman–Crippen LogP) is 0.927. The van der Waals surface area contributed by atoms with Crippen molar-refractivity contribution in [2.24, 2.45) is 10.9 Å². The molecule has 27 heavy (non-hydrogen) atoms. The fraction of sp³-hybridized carbons (Fsp3) is 0.444. The van der Waals surface area contributed by atoms with E-state index < -0.39 is 17.7 Å². The van der Waals surface area contributed by atoms with Crippen molar-refractivity contribution >= 4 is 24.2 Å². The van der Waals surface area contributed by atoms with Crippen molar-refractivity contribution < 1.29 is 24.2 Å². The molecule has 0 unspecified atom stereocenters. The van der Waals surface area contributed by atoms with Gasteiger partial charge in [-0.05, 0) is 43.4 Å². The number of benzene rings is 1. The SMILES string of the molecule is NN=Cc1ccc(C(=O)NC2CCC3(CC2)CN(CC(=O)O)C(=O)O3)cc1. The molecule has 0 bridgehead atoms. The van der Waals surface area contributed by atoms with Gasteiger partial charge in [-0.15, -0.1) is 0 Å². The van der Waals surface area contributed by atoms with Gasteiger partial charge in [0, 0.05) is 11.6 Å². The Morgan fingerprint density at radius 1 is 1.33 bits per heavy atom. The Bertz CT molecular complexity index is 754. The van der Waals surface area contributed by atoms with Crippen LogP contribution in [0.15, 0.2) is 29.4 Å². The minimum atomic E-state index is -1.06. The van der Waals surface area contributed by atoms with Crippen LogP contribution in [0.25, 0.3) is 0 Å². The molecule has 1 heterocycles. The van der Waals surface area contributed by atoms with Gasteiger partial charge in [-0.2, -0.15) is 5.10 Å². The van der Waals surface area contributed by atoms with Gasteiger partial charge in [-0.25, -0.2) is 4.79 Å². The highest BCUT2D eigenvalue weighted by molar-refractivity contribution is 5.95. The molecule has 2 aliphatic rings. The van der Waals surface area contributed by atoms with Crippen LogP contribution in [-0.2, 0) is 9.53 Å². The van der Waals surface area contributed by atoms with Crippen LogP contribution < -0.4 is 11.2 Å². The van der Waals surface area contributed by atoms with E-state index in [2.05, 4.69) is 10.4 Å². The van der Waals surface area contributed by atoms with Crippen LogP contribution in [-0.4, -0.2) is 58.9 Å². The first-order chi connectivity index (χ1) is 12.9. The molecular formula is C18H22N4O5. The molecule has 0 radical (unpaired) electrons. The lowest BCUT2D eigenvalue weighted by Gasteiger charge is -2.35. The van der Waals surface area contributed by atoms with E-state index >= 15 is 0 Å². The maximum absolute atomic E-state index is 12.4. The summed E-state index contributed by atoms with van der Waals surface area (Å²) in [6.07, 6.45) is 3.42. The fourth-order valence-electron chi connectivity index (χ4n) is 3.60. The van der Waals surface area contributed by atoms with Crippen molar-refractivity contribution in [1.29, 1.82) is 0 Å². The van der Waals surface area contributed by atoms with Crippen molar-refractivity contribution in [3.63, 3.8) is 0 Å². The van der Waals surface area contributed by atoms with Gasteiger partial charge < -0.3 is 21.0 Å². The van der Waals surface area contributed by atoms with E-state index in [-0.39, 0.29) is 25.0 Å². The van der Waals surface area contributed by atoms with E-state index in [1.54, 1.807) is 24.3 Å². The summed E-state index contributed by atoms with van der Waals surface area (Å²) < 4.78 is 5.47. The highest BCUT2D eigenvalue weighted by atomic mass is 16.6. The molecule has 1 aliphatic heterocycles. The number of carboxylic acids is 1. The number of nitrogens with two attached hydrogens (primary N) is 1. The zero-order chi connectivity index (χ0) is 19.4. The summed E-state index contributed by atoms with van der Waals surface area (Å²) in [5.41, 5.74) is 0.712. The molecule has 1 aromatic rings. The normalized spacial score (nSPS) is 25.0. The third-order valence-corrected chi connectivity index (χ3v) is 5.00. The molecule has 1 aliphatic carbocycles. The third kappa shape index (κ3) is 4.36. The standard InChI is InChI=1S/C18H22N4O5/c19-20-9-12-1-3-13(4-2-12)16(25)21-14-5-7-18(8-6-14)11-22(10-15(23)24)17(26)27-18/h1-4,9,14H,5-8,10-11,19H2,(H,21,25)(H,23,24). The number of ether oxygens (including phenoxy) is 1. The number of amides is 2. The molecule has 1 aromatic carbocycles. The van der Waals surface area contributed by atoms with E-state index in [1.165, 1.54) is 11.1 Å². The number of aliphatic carboxylic acids is 1. The van der Waals surface area contributed by atoms with Crippen LogP contribution in [0.3, 0.4) is 0 Å². The Kier molecular flexibility index (Phi) is 5.29. The first kappa shape index (κ1) is 18.7. The van der Waals surface area contributed by atoms with E-state index in [1.807, 2.05) is 0 Å². The average Bonchev–Trinajstić information content (AvgIpc) is 2.92. The number of hydrogen-bond acceptors (Lipinski definition) is 6. The quantitative estimate of drug-likeness (QED) is 0.399. The first-order valence-corrected chi connectivity index (χ1v) is 8.75. The maximum Gasteiger partial charge on any atom is 0.411 e. The van der Waals surface area contributed by atoms with E-state index in [0.29, 0.717) is 31.2 Å². The largest absolute Gasteiger partial charge is 0.480 e. The number of rotatable bonds is 5. The van der Waals surface area contributed by atoms with Gasteiger partial charge in [0.05, 0.1) is 12.8 Å². The van der Waals surface area contributed by atoms with E-state index in [9.17, 15) is 14.4 Å². The zero-order valence-electron chi connectivity index (χ0n) is 14.8. The Hall–Kier alpha value is -3.10. The van der Waals surface area contributed by atoms with Gasteiger partial charge in [0.15, 0.2) is 0 Å². The van der Waals surface area contributed by atoms with Crippen molar-refractivity contribution in [2.75, 3.05) is 13.1 Å². The summed E-state index contributed by atoms with van der Waals surface area (Å²) in [6.45, 7) is -0.0748. The summed E-state index contributed by atoms with van der Waals surface area (Å²) >= 11 is 0. The molecule has 4 N–H and O–H groups in total. The monoisotopic (exact) mass is 374 g/mol. The van der Waals surface area contributed by atoms with Crippen LogP contribution in [0, 0.1) is 0 Å². The number of carbonyl (C=O) groups is 3. The summed E-state index contributed by atoms with van der Waals surface area (Å²) in [5.74, 6) is 3.87.